The Morgan fingerprint density at radius 1 is 1.19 bits per heavy atom. The molecule has 1 aromatic carbocycles. The first-order valence-electron chi connectivity index (χ1n) is 9.73. The van der Waals surface area contributed by atoms with Crippen LogP contribution in [-0.2, 0) is 9.59 Å². The highest BCUT2D eigenvalue weighted by atomic mass is 32.2. The fourth-order valence-corrected chi connectivity index (χ4v) is 3.86. The lowest BCUT2D eigenvalue weighted by Crippen LogP contribution is -2.61. The number of nitrogens with one attached hydrogen (secondary N) is 1. The maximum atomic E-state index is 12.9. The van der Waals surface area contributed by atoms with Crippen LogP contribution in [0.4, 0.5) is 0 Å². The summed E-state index contributed by atoms with van der Waals surface area (Å²) in [6.45, 7) is 9.02. The molecule has 1 aliphatic heterocycles. The van der Waals surface area contributed by atoms with Crippen molar-refractivity contribution in [1.82, 2.24) is 10.2 Å². The van der Waals surface area contributed by atoms with E-state index in [9.17, 15) is 9.59 Å². The number of nitrogens with zero attached hydrogens (tertiary/aromatic N) is 1. The van der Waals surface area contributed by atoms with Gasteiger partial charge < -0.3 is 10.2 Å². The third-order valence-corrected chi connectivity index (χ3v) is 5.45. The van der Waals surface area contributed by atoms with Crippen molar-refractivity contribution in [1.29, 1.82) is 0 Å². The van der Waals surface area contributed by atoms with Gasteiger partial charge in [-0.25, -0.2) is 0 Å². The van der Waals surface area contributed by atoms with E-state index in [1.807, 2.05) is 36.6 Å². The predicted octanol–water partition coefficient (Wildman–Crippen LogP) is 4.21. The molecular weight excluding hydrogens is 356 g/mol. The number of carbonyl (C=O) groups is 2. The smallest absolute Gasteiger partial charge is 0.247 e. The average Bonchev–Trinajstić information content (AvgIpc) is 2.61. The highest BCUT2D eigenvalue weighted by molar-refractivity contribution is 7.98. The average molecular weight is 389 g/mol. The molecule has 1 heterocycles. The molecule has 0 aromatic heterocycles. The molecule has 0 radical (unpaired) electrons. The highest BCUT2D eigenvalue weighted by Gasteiger charge is 2.36. The van der Waals surface area contributed by atoms with Gasteiger partial charge in [0.05, 0.1) is 0 Å². The molecule has 2 amide bonds. The number of rotatable bonds is 7. The van der Waals surface area contributed by atoms with Crippen molar-refractivity contribution in [3.63, 3.8) is 0 Å². The maximum absolute atomic E-state index is 12.9. The number of carbonyl (C=O) groups excluding carboxylic acids is 2. The van der Waals surface area contributed by atoms with Crippen molar-refractivity contribution >= 4 is 29.7 Å². The summed E-state index contributed by atoms with van der Waals surface area (Å²) in [5.41, 5.74) is 0.988. The normalized spacial score (nSPS) is 20.6. The summed E-state index contributed by atoms with van der Waals surface area (Å²) in [7, 11) is 0. The van der Waals surface area contributed by atoms with E-state index >= 15 is 0 Å². The van der Waals surface area contributed by atoms with Gasteiger partial charge in [0.15, 0.2) is 0 Å². The summed E-state index contributed by atoms with van der Waals surface area (Å²) in [6.07, 6.45) is 7.04. The van der Waals surface area contributed by atoms with Crippen LogP contribution in [0.25, 0.3) is 6.08 Å². The standard InChI is InChI=1S/C22H32N2O2S/c1-15(2)12-18-14-24(20(13-16(3)4)22(26)23-18)21(25)11-8-17-6-9-19(27-5)10-7-17/h6-11,15-16,18,20H,12-14H2,1-5H3,(H,23,26)/b11-8+/t18-,20-/m0/s1. The first-order chi connectivity index (χ1) is 12.8. The van der Waals surface area contributed by atoms with E-state index in [2.05, 4.69) is 33.0 Å². The third-order valence-electron chi connectivity index (χ3n) is 4.71. The topological polar surface area (TPSA) is 49.4 Å². The van der Waals surface area contributed by atoms with Gasteiger partial charge in [-0.3, -0.25) is 9.59 Å². The number of hydrogen-bond acceptors (Lipinski definition) is 3. The summed E-state index contributed by atoms with van der Waals surface area (Å²) in [6, 6.07) is 7.74. The second-order valence-corrected chi connectivity index (χ2v) is 8.96. The van der Waals surface area contributed by atoms with Crippen molar-refractivity contribution in [2.24, 2.45) is 11.8 Å². The Morgan fingerprint density at radius 3 is 2.37 bits per heavy atom. The quantitative estimate of drug-likeness (QED) is 0.562. The summed E-state index contributed by atoms with van der Waals surface area (Å²) in [5.74, 6) is 0.713. The lowest BCUT2D eigenvalue weighted by atomic mass is 9.95. The van der Waals surface area contributed by atoms with E-state index in [1.54, 1.807) is 22.7 Å². The molecule has 0 saturated carbocycles. The highest BCUT2D eigenvalue weighted by Crippen LogP contribution is 2.21. The van der Waals surface area contributed by atoms with Crippen LogP contribution in [0.2, 0.25) is 0 Å². The van der Waals surface area contributed by atoms with Gasteiger partial charge >= 0.3 is 0 Å². The van der Waals surface area contributed by atoms with Crippen LogP contribution >= 0.6 is 11.8 Å². The van der Waals surface area contributed by atoms with Crippen molar-refractivity contribution in [2.45, 2.75) is 57.5 Å². The molecule has 1 fully saturated rings. The summed E-state index contributed by atoms with van der Waals surface area (Å²) < 4.78 is 0. The van der Waals surface area contributed by atoms with Crippen molar-refractivity contribution in [3.05, 3.63) is 35.9 Å². The van der Waals surface area contributed by atoms with Crippen LogP contribution in [0.1, 0.15) is 46.1 Å². The van der Waals surface area contributed by atoms with Crippen LogP contribution < -0.4 is 5.32 Å². The van der Waals surface area contributed by atoms with E-state index < -0.39 is 0 Å². The van der Waals surface area contributed by atoms with Gasteiger partial charge in [0, 0.05) is 23.6 Å². The van der Waals surface area contributed by atoms with Crippen LogP contribution in [0.3, 0.4) is 0 Å². The molecular formula is C22H32N2O2S. The lowest BCUT2D eigenvalue weighted by molar-refractivity contribution is -0.142. The van der Waals surface area contributed by atoms with Crippen molar-refractivity contribution in [3.8, 4) is 0 Å². The molecule has 1 saturated heterocycles. The summed E-state index contributed by atoms with van der Waals surface area (Å²) in [4.78, 5) is 28.5. The molecule has 1 aliphatic rings. The van der Waals surface area contributed by atoms with Gasteiger partial charge in [0.2, 0.25) is 11.8 Å². The van der Waals surface area contributed by atoms with Gasteiger partial charge in [-0.1, -0.05) is 39.8 Å². The summed E-state index contributed by atoms with van der Waals surface area (Å²) >= 11 is 1.69. The number of benzene rings is 1. The molecule has 0 spiro atoms. The number of thioether (sulfide) groups is 1. The molecule has 148 valence electrons. The molecule has 0 aliphatic carbocycles. The fourth-order valence-electron chi connectivity index (χ4n) is 3.45. The minimum Gasteiger partial charge on any atom is -0.350 e. The monoisotopic (exact) mass is 388 g/mol. The van der Waals surface area contributed by atoms with E-state index in [0.717, 1.165) is 12.0 Å². The zero-order valence-corrected chi connectivity index (χ0v) is 17.9. The van der Waals surface area contributed by atoms with E-state index in [4.69, 9.17) is 0 Å². The number of amides is 2. The van der Waals surface area contributed by atoms with Crippen molar-refractivity contribution in [2.75, 3.05) is 12.8 Å². The SMILES string of the molecule is CSc1ccc(/C=C/C(=O)N2C[C@H](CC(C)C)NC(=O)[C@@H]2CC(C)C)cc1. The molecule has 1 N–H and O–H groups in total. The third kappa shape index (κ3) is 6.42. The van der Waals surface area contributed by atoms with Gasteiger partial charge in [-0.2, -0.15) is 0 Å². The number of hydrogen-bond donors (Lipinski definition) is 1. The molecule has 2 rings (SSSR count). The van der Waals surface area contributed by atoms with Crippen LogP contribution in [0.5, 0.6) is 0 Å². The second kappa shape index (κ2) is 9.98. The molecule has 5 heteroatoms. The fraction of sp³-hybridized carbons (Fsp3) is 0.545. The Kier molecular flexibility index (Phi) is 7.96. The Bertz CT molecular complexity index is 667. The first-order valence-corrected chi connectivity index (χ1v) is 11.0. The van der Waals surface area contributed by atoms with Crippen LogP contribution in [0, 0.1) is 11.8 Å². The minimum absolute atomic E-state index is 0.0216. The number of piperazine rings is 1. The van der Waals surface area contributed by atoms with Gasteiger partial charge in [0.25, 0.3) is 0 Å². The molecule has 1 aromatic rings. The van der Waals surface area contributed by atoms with E-state index in [0.29, 0.717) is 24.8 Å². The summed E-state index contributed by atoms with van der Waals surface area (Å²) in [5, 5.41) is 3.12. The van der Waals surface area contributed by atoms with Gasteiger partial charge in [0.1, 0.15) is 6.04 Å². The Labute approximate surface area is 167 Å². The molecule has 2 atom stereocenters. The Morgan fingerprint density at radius 2 is 1.81 bits per heavy atom. The zero-order valence-electron chi connectivity index (χ0n) is 17.1. The molecule has 27 heavy (non-hydrogen) atoms. The van der Waals surface area contributed by atoms with Crippen molar-refractivity contribution < 1.29 is 9.59 Å². The Balaban J connectivity index is 2.15. The van der Waals surface area contributed by atoms with Crippen LogP contribution in [-0.4, -0.2) is 41.6 Å². The first kappa shape index (κ1) is 21.5. The zero-order chi connectivity index (χ0) is 20.0. The molecule has 4 nitrogen and oxygen atoms in total. The van der Waals surface area contributed by atoms with E-state index in [1.165, 1.54) is 4.90 Å². The van der Waals surface area contributed by atoms with Gasteiger partial charge in [-0.15, -0.1) is 11.8 Å². The molecule has 0 unspecified atom stereocenters. The second-order valence-electron chi connectivity index (χ2n) is 8.08. The largest absolute Gasteiger partial charge is 0.350 e. The molecule has 0 bridgehead atoms. The maximum Gasteiger partial charge on any atom is 0.247 e. The van der Waals surface area contributed by atoms with Crippen LogP contribution in [0.15, 0.2) is 35.2 Å². The minimum atomic E-state index is -0.385. The Hall–Kier alpha value is -1.75. The van der Waals surface area contributed by atoms with E-state index in [-0.39, 0.29) is 23.9 Å². The van der Waals surface area contributed by atoms with Gasteiger partial charge in [-0.05, 0) is 54.7 Å². The lowest BCUT2D eigenvalue weighted by Gasteiger charge is -2.40. The predicted molar refractivity (Wildman–Crippen MR) is 114 cm³/mol.